The molecule has 1 aromatic carbocycles. The van der Waals surface area contributed by atoms with E-state index >= 15 is 0 Å². The molecule has 4 saturated carbocycles. The summed E-state index contributed by atoms with van der Waals surface area (Å²) in [6.07, 6.45) is 8.27. The van der Waals surface area contributed by atoms with Gasteiger partial charge in [0.1, 0.15) is 5.75 Å². The van der Waals surface area contributed by atoms with Gasteiger partial charge in [-0.15, -0.1) is 0 Å². The Morgan fingerprint density at radius 1 is 1.11 bits per heavy atom. The van der Waals surface area contributed by atoms with Crippen molar-refractivity contribution in [3.05, 3.63) is 29.3 Å². The third-order valence-corrected chi connectivity index (χ3v) is 7.61. The molecule has 4 aliphatic rings. The van der Waals surface area contributed by atoms with E-state index in [1.807, 2.05) is 12.1 Å². The quantitative estimate of drug-likeness (QED) is 0.747. The fourth-order valence-corrected chi connectivity index (χ4v) is 6.68. The maximum absolute atomic E-state index is 12.5. The number of rotatable bonds is 6. The number of nitrogens with one attached hydrogen (secondary N) is 1. The molecule has 0 aromatic heterocycles. The van der Waals surface area contributed by atoms with E-state index in [0.717, 1.165) is 23.5 Å². The van der Waals surface area contributed by atoms with Crippen molar-refractivity contribution in [1.29, 1.82) is 0 Å². The first kappa shape index (κ1) is 18.8. The molecule has 0 radical (unpaired) electrons. The lowest BCUT2D eigenvalue weighted by atomic mass is 9.48. The second-order valence-corrected chi connectivity index (χ2v) is 10.0. The number of benzene rings is 1. The molecule has 0 spiro atoms. The van der Waals surface area contributed by atoms with Gasteiger partial charge in [0.15, 0.2) is 6.61 Å². The van der Waals surface area contributed by atoms with Crippen molar-refractivity contribution in [3.8, 4) is 5.75 Å². The van der Waals surface area contributed by atoms with Gasteiger partial charge in [0.05, 0.1) is 0 Å². The molecule has 4 fully saturated rings. The van der Waals surface area contributed by atoms with Gasteiger partial charge < -0.3 is 10.1 Å². The molecular weight excluding hydrogens is 334 g/mol. The maximum Gasteiger partial charge on any atom is 0.258 e. The van der Waals surface area contributed by atoms with E-state index in [2.05, 4.69) is 39.1 Å². The van der Waals surface area contributed by atoms with E-state index in [1.54, 1.807) is 0 Å². The Kier molecular flexibility index (Phi) is 4.98. The van der Waals surface area contributed by atoms with E-state index in [9.17, 15) is 4.79 Å². The van der Waals surface area contributed by atoms with Crippen LogP contribution in [0.3, 0.4) is 0 Å². The van der Waals surface area contributed by atoms with Crippen molar-refractivity contribution < 1.29 is 9.53 Å². The van der Waals surface area contributed by atoms with Crippen LogP contribution in [-0.2, 0) is 4.79 Å². The minimum absolute atomic E-state index is 0.0174. The highest BCUT2D eigenvalue weighted by molar-refractivity contribution is 5.78. The summed E-state index contributed by atoms with van der Waals surface area (Å²) in [5, 5.41) is 3.29. The van der Waals surface area contributed by atoms with E-state index in [4.69, 9.17) is 4.74 Å². The Morgan fingerprint density at radius 2 is 1.70 bits per heavy atom. The van der Waals surface area contributed by atoms with Gasteiger partial charge in [-0.1, -0.05) is 19.9 Å². The highest BCUT2D eigenvalue weighted by Gasteiger charge is 2.53. The summed E-state index contributed by atoms with van der Waals surface area (Å²) in [5.41, 5.74) is 2.91. The van der Waals surface area contributed by atoms with Gasteiger partial charge in [0.2, 0.25) is 0 Å². The van der Waals surface area contributed by atoms with Crippen molar-refractivity contribution >= 4 is 5.91 Å². The van der Waals surface area contributed by atoms with Crippen LogP contribution in [0.25, 0.3) is 0 Å². The van der Waals surface area contributed by atoms with Crippen molar-refractivity contribution in [3.63, 3.8) is 0 Å². The van der Waals surface area contributed by atoms with Crippen molar-refractivity contribution in [2.75, 3.05) is 6.61 Å². The lowest BCUT2D eigenvalue weighted by molar-refractivity contribution is -0.127. The third-order valence-electron chi connectivity index (χ3n) is 7.61. The zero-order valence-corrected chi connectivity index (χ0v) is 17.4. The molecule has 0 saturated heterocycles. The van der Waals surface area contributed by atoms with Crippen LogP contribution in [0.2, 0.25) is 0 Å². The Hall–Kier alpha value is -1.51. The van der Waals surface area contributed by atoms with Crippen LogP contribution in [0.1, 0.15) is 76.3 Å². The molecule has 27 heavy (non-hydrogen) atoms. The SMILES string of the molecule is Cc1cc(OCC(=O)N[C@@H](C)C23CC4CC(CC(C4)C2)C3)ccc1C(C)C. The molecule has 1 N–H and O–H groups in total. The fourth-order valence-electron chi connectivity index (χ4n) is 6.68. The van der Waals surface area contributed by atoms with Crippen molar-refractivity contribution in [2.24, 2.45) is 23.2 Å². The summed E-state index contributed by atoms with van der Waals surface area (Å²) in [7, 11) is 0. The minimum Gasteiger partial charge on any atom is -0.484 e. The van der Waals surface area contributed by atoms with E-state index < -0.39 is 0 Å². The highest BCUT2D eigenvalue weighted by atomic mass is 16.5. The van der Waals surface area contributed by atoms with Crippen LogP contribution < -0.4 is 10.1 Å². The van der Waals surface area contributed by atoms with Crippen LogP contribution in [0.5, 0.6) is 5.75 Å². The lowest BCUT2D eigenvalue weighted by Gasteiger charge is -2.59. The zero-order chi connectivity index (χ0) is 19.2. The number of ether oxygens (including phenoxy) is 1. The average Bonchev–Trinajstić information content (AvgIpc) is 2.58. The Balaban J connectivity index is 1.32. The van der Waals surface area contributed by atoms with Crippen molar-refractivity contribution in [2.45, 2.75) is 78.2 Å². The predicted molar refractivity (Wildman–Crippen MR) is 109 cm³/mol. The van der Waals surface area contributed by atoms with E-state index in [-0.39, 0.29) is 18.6 Å². The molecule has 0 aliphatic heterocycles. The maximum atomic E-state index is 12.5. The predicted octanol–water partition coefficient (Wildman–Crippen LogP) is 5.22. The summed E-state index contributed by atoms with van der Waals surface area (Å²) in [4.78, 5) is 12.5. The molecule has 5 rings (SSSR count). The minimum atomic E-state index is 0.0174. The van der Waals surface area contributed by atoms with Crippen LogP contribution in [0, 0.1) is 30.1 Å². The van der Waals surface area contributed by atoms with E-state index in [0.29, 0.717) is 11.3 Å². The van der Waals surface area contributed by atoms with Gasteiger partial charge in [-0.2, -0.15) is 0 Å². The molecule has 3 heteroatoms. The topological polar surface area (TPSA) is 38.3 Å². The summed E-state index contributed by atoms with van der Waals surface area (Å²) >= 11 is 0. The summed E-state index contributed by atoms with van der Waals surface area (Å²) in [6, 6.07) is 6.40. The number of hydrogen-bond donors (Lipinski definition) is 1. The van der Waals surface area contributed by atoms with Crippen LogP contribution in [-0.4, -0.2) is 18.6 Å². The van der Waals surface area contributed by atoms with Crippen molar-refractivity contribution in [1.82, 2.24) is 5.32 Å². The molecule has 1 atom stereocenters. The smallest absolute Gasteiger partial charge is 0.258 e. The Morgan fingerprint density at radius 3 is 2.22 bits per heavy atom. The molecule has 4 aliphatic carbocycles. The first-order valence-corrected chi connectivity index (χ1v) is 10.9. The Labute approximate surface area is 164 Å². The first-order valence-electron chi connectivity index (χ1n) is 10.9. The lowest BCUT2D eigenvalue weighted by Crippen LogP contribution is -2.56. The normalized spacial score (nSPS) is 32.6. The molecule has 1 aromatic rings. The number of amides is 1. The van der Waals surface area contributed by atoms with Gasteiger partial charge in [-0.05, 0) is 105 Å². The van der Waals surface area contributed by atoms with Gasteiger partial charge in [0, 0.05) is 6.04 Å². The molecule has 148 valence electrons. The summed E-state index contributed by atoms with van der Waals surface area (Å²) in [5.74, 6) is 4.04. The number of carbonyl (C=O) groups excluding carboxylic acids is 1. The number of hydrogen-bond acceptors (Lipinski definition) is 2. The average molecular weight is 370 g/mol. The molecule has 4 bridgehead atoms. The Bertz CT molecular complexity index is 673. The fraction of sp³-hybridized carbons (Fsp3) is 0.708. The van der Waals surface area contributed by atoms with Gasteiger partial charge in [-0.25, -0.2) is 0 Å². The molecule has 3 nitrogen and oxygen atoms in total. The van der Waals surface area contributed by atoms with Gasteiger partial charge in [-0.3, -0.25) is 4.79 Å². The third kappa shape index (κ3) is 3.75. The first-order chi connectivity index (χ1) is 12.8. The summed E-state index contributed by atoms with van der Waals surface area (Å²) < 4.78 is 5.79. The standard InChI is InChI=1S/C24H35NO2/c1-15(2)22-6-5-21(7-16(22)3)27-14-23(26)25-17(4)24-11-18-8-19(12-24)10-20(9-18)13-24/h5-7,15,17-20H,8-14H2,1-4H3,(H,25,26)/t17-,18?,19?,20?,24?/m0/s1. The van der Waals surface area contributed by atoms with Crippen LogP contribution in [0.15, 0.2) is 18.2 Å². The number of aryl methyl sites for hydroxylation is 1. The van der Waals surface area contributed by atoms with E-state index in [1.165, 1.54) is 49.7 Å². The molecule has 1 amide bonds. The second-order valence-electron chi connectivity index (χ2n) is 10.0. The number of carbonyl (C=O) groups is 1. The molecule has 0 heterocycles. The molecular formula is C24H35NO2. The van der Waals surface area contributed by atoms with Gasteiger partial charge in [0.25, 0.3) is 5.91 Å². The van der Waals surface area contributed by atoms with Gasteiger partial charge >= 0.3 is 0 Å². The highest BCUT2D eigenvalue weighted by Crippen LogP contribution is 2.61. The zero-order valence-electron chi connectivity index (χ0n) is 17.4. The van der Waals surface area contributed by atoms with Crippen LogP contribution >= 0.6 is 0 Å². The second kappa shape index (κ2) is 7.14. The largest absolute Gasteiger partial charge is 0.484 e. The van der Waals surface area contributed by atoms with Crippen LogP contribution in [0.4, 0.5) is 0 Å². The molecule has 0 unspecified atom stereocenters. The monoisotopic (exact) mass is 369 g/mol. The summed E-state index contributed by atoms with van der Waals surface area (Å²) in [6.45, 7) is 8.84.